The normalized spacial score (nSPS) is 11.6. The zero-order valence-electron chi connectivity index (χ0n) is 16.2. The third-order valence-electron chi connectivity index (χ3n) is 4.87. The van der Waals surface area contributed by atoms with E-state index in [9.17, 15) is 0 Å². The predicted molar refractivity (Wildman–Crippen MR) is 126 cm³/mol. The molecular formula is C27H23NS. The van der Waals surface area contributed by atoms with Gasteiger partial charge in [0, 0.05) is 16.0 Å². The van der Waals surface area contributed by atoms with Gasteiger partial charge < -0.3 is 0 Å². The predicted octanol–water partition coefficient (Wildman–Crippen LogP) is 7.43. The van der Waals surface area contributed by atoms with Crippen LogP contribution in [0, 0.1) is 0 Å². The van der Waals surface area contributed by atoms with E-state index in [2.05, 4.69) is 96.9 Å². The second-order valence-corrected chi connectivity index (χ2v) is 7.89. The third kappa shape index (κ3) is 4.79. The van der Waals surface area contributed by atoms with Crippen LogP contribution in [0.1, 0.15) is 34.0 Å². The lowest BCUT2D eigenvalue weighted by molar-refractivity contribution is 0.771. The first-order valence-electron chi connectivity index (χ1n) is 9.76. The van der Waals surface area contributed by atoms with Crippen LogP contribution in [0.2, 0.25) is 0 Å². The van der Waals surface area contributed by atoms with E-state index in [4.69, 9.17) is 4.99 Å². The molecule has 142 valence electrons. The molecule has 0 fully saturated rings. The molecule has 0 spiro atoms. The van der Waals surface area contributed by atoms with Crippen LogP contribution < -0.4 is 0 Å². The Morgan fingerprint density at radius 1 is 0.690 bits per heavy atom. The maximum atomic E-state index is 5.29. The van der Waals surface area contributed by atoms with Gasteiger partial charge in [-0.05, 0) is 29.0 Å². The number of thiophene rings is 1. The first-order valence-corrected chi connectivity index (χ1v) is 10.6. The lowest BCUT2D eigenvalue weighted by atomic mass is 9.98. The van der Waals surface area contributed by atoms with Gasteiger partial charge in [-0.25, -0.2) is 0 Å². The first kappa shape index (κ1) is 19.1. The second-order valence-electron chi connectivity index (χ2n) is 6.91. The van der Waals surface area contributed by atoms with Gasteiger partial charge in [0.25, 0.3) is 0 Å². The summed E-state index contributed by atoms with van der Waals surface area (Å²) >= 11 is 1.75. The first-order chi connectivity index (χ1) is 14.3. The van der Waals surface area contributed by atoms with Crippen LogP contribution >= 0.6 is 11.3 Å². The summed E-state index contributed by atoms with van der Waals surface area (Å²) in [5.74, 6) is 0. The van der Waals surface area contributed by atoms with Gasteiger partial charge in [0.1, 0.15) is 0 Å². The van der Waals surface area contributed by atoms with Gasteiger partial charge in [0.2, 0.25) is 0 Å². The Balaban J connectivity index is 1.76. The molecule has 0 saturated carbocycles. The Hall–Kier alpha value is -3.23. The van der Waals surface area contributed by atoms with Crippen LogP contribution in [0.4, 0.5) is 0 Å². The van der Waals surface area contributed by atoms with Crippen molar-refractivity contribution in [3.63, 3.8) is 0 Å². The number of benzene rings is 3. The van der Waals surface area contributed by atoms with Crippen molar-refractivity contribution in [2.45, 2.75) is 12.5 Å². The molecule has 1 atom stereocenters. The van der Waals surface area contributed by atoms with Gasteiger partial charge in [-0.3, -0.25) is 4.99 Å². The summed E-state index contributed by atoms with van der Waals surface area (Å²) in [4.78, 5) is 6.55. The van der Waals surface area contributed by atoms with Crippen molar-refractivity contribution in [1.29, 1.82) is 0 Å². The molecule has 1 heterocycles. The lowest BCUT2D eigenvalue weighted by Crippen LogP contribution is -2.07. The van der Waals surface area contributed by atoms with E-state index < -0.39 is 0 Å². The quantitative estimate of drug-likeness (QED) is 0.289. The lowest BCUT2D eigenvalue weighted by Gasteiger charge is -2.17. The second kappa shape index (κ2) is 9.31. The summed E-state index contributed by atoms with van der Waals surface area (Å²) in [6, 6.07) is 35.5. The molecule has 0 N–H and O–H groups in total. The zero-order valence-corrected chi connectivity index (χ0v) is 17.1. The average Bonchev–Trinajstić information content (AvgIpc) is 3.33. The highest BCUT2D eigenvalue weighted by Crippen LogP contribution is 2.33. The molecule has 0 aliphatic rings. The Labute approximate surface area is 176 Å². The Morgan fingerprint density at radius 3 is 1.69 bits per heavy atom. The third-order valence-corrected chi connectivity index (χ3v) is 5.85. The van der Waals surface area contributed by atoms with E-state index >= 15 is 0 Å². The highest BCUT2D eigenvalue weighted by Gasteiger charge is 2.17. The molecule has 0 saturated heterocycles. The van der Waals surface area contributed by atoms with Crippen LogP contribution in [0.25, 0.3) is 5.57 Å². The minimum absolute atomic E-state index is 0.0260. The minimum Gasteiger partial charge on any atom is -0.275 e. The summed E-state index contributed by atoms with van der Waals surface area (Å²) in [6.45, 7) is 4.36. The van der Waals surface area contributed by atoms with Crippen molar-refractivity contribution < 1.29 is 0 Å². The maximum Gasteiger partial charge on any atom is 0.0888 e. The molecule has 2 heteroatoms. The van der Waals surface area contributed by atoms with Crippen LogP contribution in [-0.2, 0) is 0 Å². The molecule has 29 heavy (non-hydrogen) atoms. The van der Waals surface area contributed by atoms with Gasteiger partial charge in [-0.2, -0.15) is 0 Å². The van der Waals surface area contributed by atoms with E-state index in [-0.39, 0.29) is 6.04 Å². The standard InChI is InChI=1S/C27H23NS/c1-21(22-12-5-2-6-13-22)20-25(26-18-11-19-29-26)28-27(23-14-7-3-8-15-23)24-16-9-4-10-17-24/h2-19,25H,1,20H2. The van der Waals surface area contributed by atoms with E-state index in [0.717, 1.165) is 28.8 Å². The summed E-state index contributed by atoms with van der Waals surface area (Å²) < 4.78 is 0. The van der Waals surface area contributed by atoms with Gasteiger partial charge in [0.05, 0.1) is 11.8 Å². The summed E-state index contributed by atoms with van der Waals surface area (Å²) in [5, 5.41) is 2.12. The Bertz CT molecular complexity index is 1020. The van der Waals surface area contributed by atoms with E-state index in [1.54, 1.807) is 11.3 Å². The fourth-order valence-electron chi connectivity index (χ4n) is 3.38. The summed E-state index contributed by atoms with van der Waals surface area (Å²) in [7, 11) is 0. The number of hydrogen-bond donors (Lipinski definition) is 0. The van der Waals surface area contributed by atoms with Crippen molar-refractivity contribution in [2.24, 2.45) is 4.99 Å². The van der Waals surface area contributed by atoms with Crippen molar-refractivity contribution in [3.8, 4) is 0 Å². The zero-order chi connectivity index (χ0) is 19.9. The van der Waals surface area contributed by atoms with Crippen LogP contribution in [0.15, 0.2) is 120 Å². The number of rotatable bonds is 7. The molecule has 1 nitrogen and oxygen atoms in total. The van der Waals surface area contributed by atoms with Crippen LogP contribution in [0.5, 0.6) is 0 Å². The number of nitrogens with zero attached hydrogens (tertiary/aromatic N) is 1. The van der Waals surface area contributed by atoms with Gasteiger partial charge in [-0.1, -0.05) is 104 Å². The minimum atomic E-state index is 0.0260. The van der Waals surface area contributed by atoms with Crippen molar-refractivity contribution in [2.75, 3.05) is 0 Å². The topological polar surface area (TPSA) is 12.4 Å². The Morgan fingerprint density at radius 2 is 1.21 bits per heavy atom. The molecule has 3 aromatic carbocycles. The van der Waals surface area contributed by atoms with Gasteiger partial charge in [0.15, 0.2) is 0 Å². The fourth-order valence-corrected chi connectivity index (χ4v) is 4.14. The largest absolute Gasteiger partial charge is 0.275 e. The Kier molecular flexibility index (Phi) is 6.13. The average molecular weight is 394 g/mol. The monoisotopic (exact) mass is 393 g/mol. The van der Waals surface area contributed by atoms with Gasteiger partial charge in [-0.15, -0.1) is 11.3 Å². The summed E-state index contributed by atoms with van der Waals surface area (Å²) in [5.41, 5.74) is 5.56. The molecule has 4 aromatic rings. The molecule has 0 bridgehead atoms. The molecule has 0 aliphatic heterocycles. The molecule has 0 radical (unpaired) electrons. The van der Waals surface area contributed by atoms with E-state index in [1.807, 2.05) is 18.2 Å². The SMILES string of the molecule is C=C(CC(N=C(c1ccccc1)c1ccccc1)c1cccs1)c1ccccc1. The highest BCUT2D eigenvalue weighted by molar-refractivity contribution is 7.10. The molecule has 1 aromatic heterocycles. The smallest absolute Gasteiger partial charge is 0.0888 e. The van der Waals surface area contributed by atoms with Crippen LogP contribution in [-0.4, -0.2) is 5.71 Å². The molecular weight excluding hydrogens is 370 g/mol. The van der Waals surface area contributed by atoms with Gasteiger partial charge >= 0.3 is 0 Å². The van der Waals surface area contributed by atoms with Crippen molar-refractivity contribution in [3.05, 3.63) is 137 Å². The van der Waals surface area contributed by atoms with Crippen LogP contribution in [0.3, 0.4) is 0 Å². The highest BCUT2D eigenvalue weighted by atomic mass is 32.1. The van der Waals surface area contributed by atoms with E-state index in [1.165, 1.54) is 10.4 Å². The summed E-state index contributed by atoms with van der Waals surface area (Å²) in [6.07, 6.45) is 0.785. The molecule has 4 rings (SSSR count). The molecule has 0 amide bonds. The molecule has 1 unspecified atom stereocenters. The fraction of sp³-hybridized carbons (Fsp3) is 0.0741. The number of aliphatic imine (C=N–C) groups is 1. The van der Waals surface area contributed by atoms with Crippen molar-refractivity contribution in [1.82, 2.24) is 0 Å². The molecule has 0 aliphatic carbocycles. The van der Waals surface area contributed by atoms with Crippen molar-refractivity contribution >= 4 is 22.6 Å². The number of hydrogen-bond acceptors (Lipinski definition) is 2. The van der Waals surface area contributed by atoms with E-state index in [0.29, 0.717) is 0 Å². The maximum absolute atomic E-state index is 5.29.